The van der Waals surface area contributed by atoms with Gasteiger partial charge in [0.05, 0.1) is 46.2 Å². The van der Waals surface area contributed by atoms with Crippen molar-refractivity contribution >= 4 is 28.8 Å². The SMILES string of the molecule is SOCCOCCOCCOCCBr. The van der Waals surface area contributed by atoms with Crippen LogP contribution < -0.4 is 0 Å². The Morgan fingerprint density at radius 2 is 1.14 bits per heavy atom. The van der Waals surface area contributed by atoms with Gasteiger partial charge in [0.25, 0.3) is 0 Å². The Balaban J connectivity index is 2.78. The minimum atomic E-state index is 0.497. The van der Waals surface area contributed by atoms with E-state index < -0.39 is 0 Å². The summed E-state index contributed by atoms with van der Waals surface area (Å²) in [6.45, 7) is 4.17. The third-order valence-electron chi connectivity index (χ3n) is 1.28. The van der Waals surface area contributed by atoms with Gasteiger partial charge in [-0.1, -0.05) is 15.9 Å². The zero-order valence-electron chi connectivity index (χ0n) is 8.12. The quantitative estimate of drug-likeness (QED) is 0.269. The number of hydrogen-bond acceptors (Lipinski definition) is 5. The lowest BCUT2D eigenvalue weighted by Crippen LogP contribution is -2.11. The molecule has 0 rings (SSSR count). The maximum Gasteiger partial charge on any atom is 0.0844 e. The van der Waals surface area contributed by atoms with Crippen molar-refractivity contribution < 1.29 is 18.4 Å². The normalized spacial score (nSPS) is 10.7. The van der Waals surface area contributed by atoms with Crippen LogP contribution in [0, 0.1) is 0 Å². The molecular weight excluding hydrogens is 272 g/mol. The van der Waals surface area contributed by atoms with Gasteiger partial charge in [-0.25, -0.2) is 0 Å². The monoisotopic (exact) mass is 288 g/mol. The maximum absolute atomic E-state index is 5.24. The first kappa shape index (κ1) is 14.7. The molecule has 0 saturated heterocycles. The van der Waals surface area contributed by atoms with Crippen molar-refractivity contribution in [1.29, 1.82) is 0 Å². The van der Waals surface area contributed by atoms with Crippen molar-refractivity contribution in [2.75, 3.05) is 51.6 Å². The lowest BCUT2D eigenvalue weighted by atomic mass is 10.7. The third kappa shape index (κ3) is 12.7. The number of alkyl halides is 1. The van der Waals surface area contributed by atoms with Gasteiger partial charge >= 0.3 is 0 Å². The molecule has 0 aromatic rings. The summed E-state index contributed by atoms with van der Waals surface area (Å²) < 4.78 is 20.1. The zero-order valence-corrected chi connectivity index (χ0v) is 10.6. The van der Waals surface area contributed by atoms with E-state index in [1.54, 1.807) is 0 Å². The summed E-state index contributed by atoms with van der Waals surface area (Å²) in [5.41, 5.74) is 0. The van der Waals surface area contributed by atoms with Crippen LogP contribution >= 0.6 is 28.8 Å². The van der Waals surface area contributed by atoms with Crippen molar-refractivity contribution in [3.63, 3.8) is 0 Å². The number of thiol groups is 1. The first-order valence-corrected chi connectivity index (χ1v) is 5.96. The topological polar surface area (TPSA) is 36.9 Å². The Morgan fingerprint density at radius 3 is 1.57 bits per heavy atom. The highest BCUT2D eigenvalue weighted by molar-refractivity contribution is 9.09. The molecule has 4 nitrogen and oxygen atoms in total. The van der Waals surface area contributed by atoms with E-state index in [0.29, 0.717) is 39.6 Å². The molecule has 86 valence electrons. The molecule has 0 radical (unpaired) electrons. The molecule has 6 heteroatoms. The van der Waals surface area contributed by atoms with Crippen molar-refractivity contribution in [3.8, 4) is 0 Å². The molecule has 0 spiro atoms. The van der Waals surface area contributed by atoms with Crippen LogP contribution in [0.15, 0.2) is 0 Å². The van der Waals surface area contributed by atoms with Gasteiger partial charge in [-0.05, 0) is 12.9 Å². The van der Waals surface area contributed by atoms with E-state index in [0.717, 1.165) is 11.9 Å². The number of hydrogen-bond donors (Lipinski definition) is 1. The largest absolute Gasteiger partial charge is 0.378 e. The zero-order chi connectivity index (χ0) is 10.5. The van der Waals surface area contributed by atoms with E-state index in [-0.39, 0.29) is 0 Å². The molecule has 0 fully saturated rings. The van der Waals surface area contributed by atoms with Gasteiger partial charge < -0.3 is 18.4 Å². The molecule has 0 N–H and O–H groups in total. The average molecular weight is 289 g/mol. The Morgan fingerprint density at radius 1 is 0.714 bits per heavy atom. The average Bonchev–Trinajstić information content (AvgIpc) is 2.21. The molecule has 0 aliphatic rings. The summed E-state index contributed by atoms with van der Waals surface area (Å²) in [4.78, 5) is 0. The van der Waals surface area contributed by atoms with Crippen LogP contribution in [0.2, 0.25) is 0 Å². The highest BCUT2D eigenvalue weighted by Gasteiger charge is 1.90. The van der Waals surface area contributed by atoms with Crippen LogP contribution in [0.1, 0.15) is 0 Å². The molecule has 0 aliphatic carbocycles. The molecule has 14 heavy (non-hydrogen) atoms. The summed E-state index contributed by atoms with van der Waals surface area (Å²) in [5.74, 6) is 0. The highest BCUT2D eigenvalue weighted by Crippen LogP contribution is 1.84. The van der Waals surface area contributed by atoms with Crippen molar-refractivity contribution in [2.45, 2.75) is 0 Å². The molecule has 0 aromatic heterocycles. The van der Waals surface area contributed by atoms with Gasteiger partial charge in [0.2, 0.25) is 0 Å². The van der Waals surface area contributed by atoms with Crippen LogP contribution in [0.25, 0.3) is 0 Å². The summed E-state index contributed by atoms with van der Waals surface area (Å²) >= 11 is 6.84. The summed E-state index contributed by atoms with van der Waals surface area (Å²) in [6, 6.07) is 0. The molecular formula is C8H17BrO4S. The predicted octanol–water partition coefficient (Wildman–Crippen LogP) is 1.29. The van der Waals surface area contributed by atoms with E-state index in [4.69, 9.17) is 14.2 Å². The second-order valence-electron chi connectivity index (χ2n) is 2.36. The second-order valence-corrected chi connectivity index (χ2v) is 3.41. The lowest BCUT2D eigenvalue weighted by Gasteiger charge is -2.05. The minimum Gasteiger partial charge on any atom is -0.378 e. The molecule has 0 aliphatic heterocycles. The van der Waals surface area contributed by atoms with Crippen molar-refractivity contribution in [2.24, 2.45) is 0 Å². The molecule has 0 bridgehead atoms. The van der Waals surface area contributed by atoms with E-state index in [9.17, 15) is 0 Å². The smallest absolute Gasteiger partial charge is 0.0844 e. The molecule has 0 amide bonds. The standard InChI is InChI=1S/C8H17BrO4S/c9-1-2-10-3-4-11-5-6-12-7-8-13-14/h14H,1-8H2. The first-order valence-electron chi connectivity index (χ1n) is 4.47. The van der Waals surface area contributed by atoms with Crippen LogP contribution in [0.5, 0.6) is 0 Å². The van der Waals surface area contributed by atoms with Gasteiger partial charge in [-0.15, -0.1) is 0 Å². The van der Waals surface area contributed by atoms with Crippen LogP contribution in [-0.4, -0.2) is 51.6 Å². The highest BCUT2D eigenvalue weighted by atomic mass is 79.9. The summed E-state index contributed by atoms with van der Waals surface area (Å²) in [7, 11) is 0. The number of halogens is 1. The van der Waals surface area contributed by atoms with E-state index >= 15 is 0 Å². The maximum atomic E-state index is 5.24. The lowest BCUT2D eigenvalue weighted by molar-refractivity contribution is 0.0131. The third-order valence-corrected chi connectivity index (χ3v) is 1.79. The van der Waals surface area contributed by atoms with Crippen molar-refractivity contribution in [1.82, 2.24) is 0 Å². The fraction of sp³-hybridized carbons (Fsp3) is 1.00. The molecule has 0 saturated carbocycles. The van der Waals surface area contributed by atoms with Crippen molar-refractivity contribution in [3.05, 3.63) is 0 Å². The fourth-order valence-electron chi connectivity index (χ4n) is 0.693. The van der Waals surface area contributed by atoms with Gasteiger partial charge in [-0.2, -0.15) is 0 Å². The van der Waals surface area contributed by atoms with Crippen LogP contribution in [-0.2, 0) is 18.4 Å². The van der Waals surface area contributed by atoms with E-state index in [1.807, 2.05) is 0 Å². The fourth-order valence-corrected chi connectivity index (χ4v) is 0.996. The summed E-state index contributed by atoms with van der Waals surface area (Å²) in [5, 5.41) is 0.861. The Bertz CT molecular complexity index is 95.3. The van der Waals surface area contributed by atoms with Gasteiger partial charge in [-0.3, -0.25) is 0 Å². The number of rotatable bonds is 11. The van der Waals surface area contributed by atoms with E-state index in [2.05, 4.69) is 33.0 Å². The Labute approximate surface area is 99.0 Å². The van der Waals surface area contributed by atoms with Crippen LogP contribution in [0.4, 0.5) is 0 Å². The predicted molar refractivity (Wildman–Crippen MR) is 61.2 cm³/mol. The van der Waals surface area contributed by atoms with E-state index in [1.165, 1.54) is 0 Å². The molecule has 0 unspecified atom stereocenters. The Kier molecular flexibility index (Phi) is 14.3. The molecule has 0 aromatic carbocycles. The molecule has 0 heterocycles. The van der Waals surface area contributed by atoms with Gasteiger partial charge in [0, 0.05) is 5.33 Å². The number of ether oxygens (including phenoxy) is 3. The Hall–Kier alpha value is 0.670. The van der Waals surface area contributed by atoms with Gasteiger partial charge in [0.15, 0.2) is 0 Å². The minimum absolute atomic E-state index is 0.497. The molecule has 0 atom stereocenters. The first-order chi connectivity index (χ1) is 6.91. The summed E-state index contributed by atoms with van der Waals surface area (Å²) in [6.07, 6.45) is 0. The second kappa shape index (κ2) is 13.7. The van der Waals surface area contributed by atoms with Gasteiger partial charge in [0.1, 0.15) is 0 Å². The van der Waals surface area contributed by atoms with Crippen LogP contribution in [0.3, 0.4) is 0 Å².